The molecule has 0 amide bonds. The largest absolute Gasteiger partial charge is 0.459 e. The summed E-state index contributed by atoms with van der Waals surface area (Å²) in [4.78, 5) is 13.9. The fourth-order valence-electron chi connectivity index (χ4n) is 1.27. The Morgan fingerprint density at radius 3 is 2.65 bits per heavy atom. The quantitative estimate of drug-likeness (QED) is 0.866. The zero-order chi connectivity index (χ0) is 13.1. The van der Waals surface area contributed by atoms with Crippen LogP contribution in [0.25, 0.3) is 0 Å². The second-order valence-corrected chi connectivity index (χ2v) is 7.00. The van der Waals surface area contributed by atoms with Crippen LogP contribution >= 0.6 is 27.3 Å². The Balaban J connectivity index is 2.31. The van der Waals surface area contributed by atoms with Gasteiger partial charge in [0, 0.05) is 20.8 Å². The van der Waals surface area contributed by atoms with Crippen LogP contribution in [0.3, 0.4) is 0 Å². The summed E-state index contributed by atoms with van der Waals surface area (Å²) < 4.78 is 6.32. The highest BCUT2D eigenvalue weighted by Crippen LogP contribution is 2.25. The number of rotatable bonds is 4. The van der Waals surface area contributed by atoms with E-state index in [2.05, 4.69) is 34.2 Å². The van der Waals surface area contributed by atoms with E-state index in [4.69, 9.17) is 4.74 Å². The van der Waals surface area contributed by atoms with Crippen molar-refractivity contribution in [2.45, 2.75) is 39.8 Å². The smallest absolute Gasteiger partial charge is 0.320 e. The lowest BCUT2D eigenvalue weighted by atomic mass is 10.2. The third-order valence-electron chi connectivity index (χ3n) is 1.90. The molecule has 0 aliphatic carbocycles. The van der Waals surface area contributed by atoms with Crippen molar-refractivity contribution in [2.24, 2.45) is 0 Å². The molecule has 0 saturated heterocycles. The Morgan fingerprint density at radius 2 is 2.18 bits per heavy atom. The van der Waals surface area contributed by atoms with E-state index in [1.54, 1.807) is 11.3 Å². The Bertz CT molecular complexity index is 376. The van der Waals surface area contributed by atoms with Crippen molar-refractivity contribution in [1.29, 1.82) is 0 Å². The highest BCUT2D eigenvalue weighted by atomic mass is 79.9. The third kappa shape index (κ3) is 5.66. The molecule has 0 aromatic carbocycles. The molecular formula is C12H18BrNO2S. The van der Waals surface area contributed by atoms with Crippen molar-refractivity contribution in [2.75, 3.05) is 6.54 Å². The summed E-state index contributed by atoms with van der Waals surface area (Å²) in [6, 6.07) is 2.07. The molecule has 0 unspecified atom stereocenters. The summed E-state index contributed by atoms with van der Waals surface area (Å²) in [7, 11) is 0. The molecule has 96 valence electrons. The second kappa shape index (κ2) is 5.98. The lowest BCUT2D eigenvalue weighted by Crippen LogP contribution is -2.31. The first-order valence-corrected chi connectivity index (χ1v) is 7.06. The molecule has 3 nitrogen and oxygen atoms in total. The number of nitrogens with one attached hydrogen (secondary N) is 1. The summed E-state index contributed by atoms with van der Waals surface area (Å²) in [6.45, 7) is 8.59. The molecule has 1 aromatic heterocycles. The van der Waals surface area contributed by atoms with Gasteiger partial charge in [-0.15, -0.1) is 11.3 Å². The predicted molar refractivity (Wildman–Crippen MR) is 74.3 cm³/mol. The first-order valence-electron chi connectivity index (χ1n) is 5.45. The van der Waals surface area contributed by atoms with Crippen LogP contribution in [-0.2, 0) is 16.1 Å². The zero-order valence-corrected chi connectivity index (χ0v) is 13.0. The van der Waals surface area contributed by atoms with Gasteiger partial charge in [0.25, 0.3) is 0 Å². The lowest BCUT2D eigenvalue weighted by Gasteiger charge is -2.19. The molecular weight excluding hydrogens is 302 g/mol. The predicted octanol–water partition coefficient (Wildman–Crippen LogP) is 3.25. The fourth-order valence-corrected chi connectivity index (χ4v) is 2.84. The average Bonchev–Trinajstić information content (AvgIpc) is 2.43. The van der Waals surface area contributed by atoms with E-state index in [1.165, 1.54) is 9.75 Å². The van der Waals surface area contributed by atoms with Crippen molar-refractivity contribution >= 4 is 33.2 Å². The first-order chi connectivity index (χ1) is 7.78. The van der Waals surface area contributed by atoms with E-state index >= 15 is 0 Å². The minimum Gasteiger partial charge on any atom is -0.459 e. The number of hydrogen-bond donors (Lipinski definition) is 1. The van der Waals surface area contributed by atoms with Gasteiger partial charge >= 0.3 is 5.97 Å². The number of halogens is 1. The highest BCUT2D eigenvalue weighted by molar-refractivity contribution is 9.10. The Hall–Kier alpha value is -0.390. The van der Waals surface area contributed by atoms with Crippen LogP contribution in [0.4, 0.5) is 0 Å². The normalized spacial score (nSPS) is 11.6. The first kappa shape index (κ1) is 14.7. The summed E-state index contributed by atoms with van der Waals surface area (Å²) in [5.41, 5.74) is -0.415. The maximum Gasteiger partial charge on any atom is 0.320 e. The summed E-state index contributed by atoms with van der Waals surface area (Å²) in [5.74, 6) is -0.218. The molecule has 0 atom stereocenters. The van der Waals surface area contributed by atoms with Crippen LogP contribution < -0.4 is 5.32 Å². The Kier molecular flexibility index (Phi) is 5.16. The summed E-state index contributed by atoms with van der Waals surface area (Å²) >= 11 is 5.19. The van der Waals surface area contributed by atoms with Gasteiger partial charge in [0.15, 0.2) is 0 Å². The molecule has 1 N–H and O–H groups in total. The third-order valence-corrected chi connectivity index (χ3v) is 4.03. The van der Waals surface area contributed by atoms with Gasteiger partial charge < -0.3 is 10.1 Å². The monoisotopic (exact) mass is 319 g/mol. The van der Waals surface area contributed by atoms with Crippen LogP contribution in [0.15, 0.2) is 10.5 Å². The van der Waals surface area contributed by atoms with Crippen molar-refractivity contribution < 1.29 is 9.53 Å². The van der Waals surface area contributed by atoms with Crippen LogP contribution in [-0.4, -0.2) is 18.1 Å². The molecule has 0 bridgehead atoms. The SMILES string of the molecule is Cc1sc(CNCC(=O)OC(C)(C)C)cc1Br. The number of hydrogen-bond acceptors (Lipinski definition) is 4. The van der Waals surface area contributed by atoms with E-state index in [0.29, 0.717) is 6.54 Å². The zero-order valence-electron chi connectivity index (χ0n) is 10.6. The van der Waals surface area contributed by atoms with Gasteiger partial charge in [-0.2, -0.15) is 0 Å². The van der Waals surface area contributed by atoms with Gasteiger partial charge in [0.05, 0.1) is 6.54 Å². The topological polar surface area (TPSA) is 38.3 Å². The van der Waals surface area contributed by atoms with Crippen molar-refractivity contribution in [3.63, 3.8) is 0 Å². The van der Waals surface area contributed by atoms with E-state index < -0.39 is 5.60 Å². The second-order valence-electron chi connectivity index (χ2n) is 4.81. The molecule has 0 fully saturated rings. The van der Waals surface area contributed by atoms with Gasteiger partial charge in [-0.25, -0.2) is 0 Å². The van der Waals surface area contributed by atoms with E-state index in [9.17, 15) is 4.79 Å². The van der Waals surface area contributed by atoms with Crippen molar-refractivity contribution in [3.05, 3.63) is 20.3 Å². The minimum absolute atomic E-state index is 0.218. The summed E-state index contributed by atoms with van der Waals surface area (Å²) in [5, 5.41) is 3.08. The maximum atomic E-state index is 11.4. The molecule has 1 heterocycles. The van der Waals surface area contributed by atoms with Crippen LogP contribution in [0.5, 0.6) is 0 Å². The molecule has 0 spiro atoms. The van der Waals surface area contributed by atoms with Crippen LogP contribution in [0.1, 0.15) is 30.5 Å². The van der Waals surface area contributed by atoms with E-state index in [1.807, 2.05) is 20.8 Å². The van der Waals surface area contributed by atoms with Gasteiger partial charge in [-0.1, -0.05) is 0 Å². The van der Waals surface area contributed by atoms with Crippen molar-refractivity contribution in [1.82, 2.24) is 5.32 Å². The van der Waals surface area contributed by atoms with Crippen LogP contribution in [0, 0.1) is 6.92 Å². The molecule has 0 saturated carbocycles. The van der Waals surface area contributed by atoms with Gasteiger partial charge in [-0.3, -0.25) is 4.79 Å². The molecule has 1 aromatic rings. The highest BCUT2D eigenvalue weighted by Gasteiger charge is 2.15. The van der Waals surface area contributed by atoms with E-state index in [-0.39, 0.29) is 12.5 Å². The molecule has 0 radical (unpaired) electrons. The van der Waals surface area contributed by atoms with Crippen molar-refractivity contribution in [3.8, 4) is 0 Å². The molecule has 1 rings (SSSR count). The number of thiophene rings is 1. The van der Waals surface area contributed by atoms with Crippen LogP contribution in [0.2, 0.25) is 0 Å². The molecule has 17 heavy (non-hydrogen) atoms. The number of carbonyl (C=O) groups is 1. The van der Waals surface area contributed by atoms with Gasteiger partial charge in [0.1, 0.15) is 5.60 Å². The molecule has 5 heteroatoms. The Labute approximate surface area is 115 Å². The number of aryl methyl sites for hydroxylation is 1. The number of esters is 1. The van der Waals surface area contributed by atoms with Gasteiger partial charge in [-0.05, 0) is 49.7 Å². The Morgan fingerprint density at radius 1 is 1.53 bits per heavy atom. The lowest BCUT2D eigenvalue weighted by molar-refractivity contribution is -0.153. The summed E-state index contributed by atoms with van der Waals surface area (Å²) in [6.07, 6.45) is 0. The van der Waals surface area contributed by atoms with Gasteiger partial charge in [0.2, 0.25) is 0 Å². The average molecular weight is 320 g/mol. The molecule has 0 aliphatic rings. The standard InChI is InChI=1S/C12H18BrNO2S/c1-8-10(13)5-9(17-8)6-14-7-11(15)16-12(2,3)4/h5,14H,6-7H2,1-4H3. The number of ether oxygens (including phenoxy) is 1. The fraction of sp³-hybridized carbons (Fsp3) is 0.583. The maximum absolute atomic E-state index is 11.4. The molecule has 0 aliphatic heterocycles. The minimum atomic E-state index is -0.415. The van der Waals surface area contributed by atoms with E-state index in [0.717, 1.165) is 4.47 Å². The number of carbonyl (C=O) groups excluding carboxylic acids is 1.